The molecule has 0 spiro atoms. The van der Waals surface area contributed by atoms with E-state index in [0.29, 0.717) is 6.42 Å². The van der Waals surface area contributed by atoms with Crippen LogP contribution in [0.2, 0.25) is 0 Å². The summed E-state index contributed by atoms with van der Waals surface area (Å²) >= 11 is 1.76. The maximum absolute atomic E-state index is 12.2. The molecule has 0 saturated carbocycles. The van der Waals surface area contributed by atoms with Crippen LogP contribution < -0.4 is 0 Å². The molecule has 1 aliphatic rings. The molecule has 1 N–H and O–H groups in total. The van der Waals surface area contributed by atoms with E-state index in [0.717, 1.165) is 29.9 Å². The molecule has 1 saturated heterocycles. The zero-order chi connectivity index (χ0) is 13.0. The number of aliphatic hydroxyl groups excluding tert-OH is 1. The Morgan fingerprint density at radius 2 is 2.17 bits per heavy atom. The maximum atomic E-state index is 12.2. The fourth-order valence-electron chi connectivity index (χ4n) is 2.51. The molecule has 0 amide bonds. The van der Waals surface area contributed by atoms with Gasteiger partial charge < -0.3 is 5.11 Å². The molecule has 1 unspecified atom stereocenters. The highest BCUT2D eigenvalue weighted by molar-refractivity contribution is 8.12. The summed E-state index contributed by atoms with van der Waals surface area (Å²) in [5.41, 5.74) is 0.928. The Morgan fingerprint density at radius 3 is 2.72 bits per heavy atom. The number of hydrogen-bond acceptors (Lipinski definition) is 3. The molecule has 1 aliphatic heterocycles. The number of rotatable bonds is 5. The third-order valence-electron chi connectivity index (χ3n) is 3.40. The Morgan fingerprint density at radius 1 is 1.44 bits per heavy atom. The van der Waals surface area contributed by atoms with Crippen LogP contribution in [0.3, 0.4) is 0 Å². The summed E-state index contributed by atoms with van der Waals surface area (Å²) < 4.78 is 12.0. The van der Waals surface area contributed by atoms with Crippen molar-refractivity contribution in [1.29, 1.82) is 0 Å². The van der Waals surface area contributed by atoms with E-state index < -0.39 is 16.9 Å². The highest BCUT2D eigenvalue weighted by atomic mass is 32.2. The lowest BCUT2D eigenvalue weighted by atomic mass is 10.0. The molecule has 4 heteroatoms. The summed E-state index contributed by atoms with van der Waals surface area (Å²) in [6.45, 7) is 2.09. The van der Waals surface area contributed by atoms with Crippen molar-refractivity contribution in [2.45, 2.75) is 36.4 Å². The van der Waals surface area contributed by atoms with E-state index in [9.17, 15) is 9.32 Å². The van der Waals surface area contributed by atoms with Crippen LogP contribution in [0.4, 0.5) is 0 Å². The molecule has 1 fully saturated rings. The van der Waals surface area contributed by atoms with E-state index in [1.807, 2.05) is 30.3 Å². The van der Waals surface area contributed by atoms with Crippen LogP contribution >= 0.6 is 11.8 Å². The van der Waals surface area contributed by atoms with Crippen molar-refractivity contribution >= 4 is 22.6 Å². The first-order valence-corrected chi connectivity index (χ1v) is 8.74. The Hall–Kier alpha value is -0.320. The van der Waals surface area contributed by atoms with E-state index in [1.165, 1.54) is 0 Å². The highest BCUT2D eigenvalue weighted by Gasteiger charge is 2.42. The van der Waals surface area contributed by atoms with Gasteiger partial charge in [-0.1, -0.05) is 37.3 Å². The van der Waals surface area contributed by atoms with Crippen molar-refractivity contribution in [2.24, 2.45) is 0 Å². The summed E-state index contributed by atoms with van der Waals surface area (Å²) in [6.07, 6.45) is 2.07. The summed E-state index contributed by atoms with van der Waals surface area (Å²) in [4.78, 5) is 0. The first kappa shape index (κ1) is 14.1. The molecular weight excluding hydrogens is 264 g/mol. The van der Waals surface area contributed by atoms with E-state index in [1.54, 1.807) is 11.8 Å². The monoisotopic (exact) mass is 284 g/mol. The second-order valence-corrected chi connectivity index (χ2v) is 8.41. The van der Waals surface area contributed by atoms with Gasteiger partial charge in [-0.05, 0) is 24.2 Å². The molecule has 2 nitrogen and oxygen atoms in total. The van der Waals surface area contributed by atoms with Gasteiger partial charge in [0.1, 0.15) is 0 Å². The van der Waals surface area contributed by atoms with Crippen LogP contribution in [0.15, 0.2) is 30.3 Å². The smallest absolute Gasteiger partial charge is 0.0936 e. The Bertz CT molecular complexity index is 408. The summed E-state index contributed by atoms with van der Waals surface area (Å²) in [7, 11) is -0.811. The molecule has 0 aromatic heterocycles. The second-order valence-electron chi connectivity index (χ2n) is 4.63. The molecule has 1 aromatic rings. The standard InChI is InChI=1S/C14H20O2S2/c1-2-17-14(9-6-10-18(14)16)11-13(15)12-7-4-3-5-8-12/h3-5,7-8,13,15H,2,6,9-11H2,1H3/t13-,14-,18?/m0/s1. The minimum absolute atomic E-state index is 0.232. The fraction of sp³-hybridized carbons (Fsp3) is 0.571. The van der Waals surface area contributed by atoms with Crippen LogP contribution in [-0.4, -0.2) is 24.9 Å². The van der Waals surface area contributed by atoms with Crippen molar-refractivity contribution in [3.63, 3.8) is 0 Å². The SMILES string of the molecule is CCS[C@@]1(C[C@H](O)c2ccccc2)CCCS1=O. The number of aliphatic hydroxyl groups is 1. The molecule has 18 heavy (non-hydrogen) atoms. The fourth-order valence-corrected chi connectivity index (χ4v) is 6.23. The van der Waals surface area contributed by atoms with Crippen molar-refractivity contribution in [2.75, 3.05) is 11.5 Å². The van der Waals surface area contributed by atoms with Crippen molar-refractivity contribution in [3.05, 3.63) is 35.9 Å². The highest BCUT2D eigenvalue weighted by Crippen LogP contribution is 2.45. The zero-order valence-electron chi connectivity index (χ0n) is 10.7. The van der Waals surface area contributed by atoms with Gasteiger partial charge in [0.05, 0.1) is 10.2 Å². The van der Waals surface area contributed by atoms with Gasteiger partial charge in [0.25, 0.3) is 0 Å². The van der Waals surface area contributed by atoms with Gasteiger partial charge in [-0.15, -0.1) is 11.8 Å². The molecule has 0 radical (unpaired) electrons. The average Bonchev–Trinajstić information content (AvgIpc) is 2.72. The lowest BCUT2D eigenvalue weighted by Crippen LogP contribution is -2.29. The molecule has 0 bridgehead atoms. The third-order valence-corrected chi connectivity index (χ3v) is 7.36. The lowest BCUT2D eigenvalue weighted by Gasteiger charge is -2.29. The maximum Gasteiger partial charge on any atom is 0.0936 e. The van der Waals surface area contributed by atoms with Crippen LogP contribution in [-0.2, 0) is 10.8 Å². The zero-order valence-corrected chi connectivity index (χ0v) is 12.3. The number of benzene rings is 1. The number of hydrogen-bond donors (Lipinski definition) is 1. The van der Waals surface area contributed by atoms with Gasteiger partial charge in [0.2, 0.25) is 0 Å². The molecule has 100 valence electrons. The lowest BCUT2D eigenvalue weighted by molar-refractivity contribution is 0.162. The molecule has 3 atom stereocenters. The van der Waals surface area contributed by atoms with E-state index in [4.69, 9.17) is 0 Å². The van der Waals surface area contributed by atoms with Gasteiger partial charge in [-0.3, -0.25) is 4.21 Å². The predicted molar refractivity (Wildman–Crippen MR) is 79.1 cm³/mol. The summed E-state index contributed by atoms with van der Waals surface area (Å²) in [6, 6.07) is 9.69. The van der Waals surface area contributed by atoms with E-state index in [-0.39, 0.29) is 4.08 Å². The molecule has 2 rings (SSSR count). The average molecular weight is 284 g/mol. The van der Waals surface area contributed by atoms with Crippen molar-refractivity contribution in [1.82, 2.24) is 0 Å². The largest absolute Gasteiger partial charge is 0.388 e. The first-order valence-electron chi connectivity index (χ1n) is 6.43. The van der Waals surface area contributed by atoms with Crippen LogP contribution in [0.1, 0.15) is 37.9 Å². The van der Waals surface area contributed by atoms with Gasteiger partial charge >= 0.3 is 0 Å². The normalized spacial score (nSPS) is 29.3. The Balaban J connectivity index is 2.12. The van der Waals surface area contributed by atoms with Gasteiger partial charge in [0, 0.05) is 23.0 Å². The van der Waals surface area contributed by atoms with Crippen molar-refractivity contribution in [3.8, 4) is 0 Å². The Kier molecular flexibility index (Phi) is 4.87. The van der Waals surface area contributed by atoms with Gasteiger partial charge in [-0.25, -0.2) is 0 Å². The number of thioether (sulfide) groups is 1. The van der Waals surface area contributed by atoms with Crippen molar-refractivity contribution < 1.29 is 9.32 Å². The van der Waals surface area contributed by atoms with Crippen LogP contribution in [0.5, 0.6) is 0 Å². The quantitative estimate of drug-likeness (QED) is 0.903. The van der Waals surface area contributed by atoms with Gasteiger partial charge in [-0.2, -0.15) is 0 Å². The molecule has 1 heterocycles. The Labute approximate surface area is 116 Å². The van der Waals surface area contributed by atoms with E-state index in [2.05, 4.69) is 6.92 Å². The summed E-state index contributed by atoms with van der Waals surface area (Å²) in [5.74, 6) is 1.74. The van der Waals surface area contributed by atoms with Crippen LogP contribution in [0.25, 0.3) is 0 Å². The molecule has 0 aliphatic carbocycles. The third kappa shape index (κ3) is 2.98. The minimum Gasteiger partial charge on any atom is -0.388 e. The first-order chi connectivity index (χ1) is 8.68. The topological polar surface area (TPSA) is 37.3 Å². The minimum atomic E-state index is -0.811. The second kappa shape index (κ2) is 6.22. The molecule has 1 aromatic carbocycles. The summed E-state index contributed by atoms with van der Waals surface area (Å²) in [5, 5.41) is 10.3. The molecular formula is C14H20O2S2. The van der Waals surface area contributed by atoms with Gasteiger partial charge in [0.15, 0.2) is 0 Å². The van der Waals surface area contributed by atoms with Crippen LogP contribution in [0, 0.1) is 0 Å². The van der Waals surface area contributed by atoms with E-state index >= 15 is 0 Å². The predicted octanol–water partition coefficient (Wildman–Crippen LogP) is 3.10.